The first-order valence-electron chi connectivity index (χ1n) is 6.19. The lowest BCUT2D eigenvalue weighted by molar-refractivity contribution is -0.384. The van der Waals surface area contributed by atoms with E-state index in [1.54, 1.807) is 12.1 Å². The minimum Gasteiger partial charge on any atom is -0.396 e. The van der Waals surface area contributed by atoms with Crippen molar-refractivity contribution in [1.82, 2.24) is 0 Å². The first-order valence-corrected chi connectivity index (χ1v) is 6.19. The molecule has 0 aromatic heterocycles. The fourth-order valence-electron chi connectivity index (χ4n) is 2.13. The molecule has 0 spiro atoms. The lowest BCUT2D eigenvalue weighted by atomic mass is 10.0. The Labute approximate surface area is 110 Å². The Balaban J connectivity index is 2.11. The zero-order chi connectivity index (χ0) is 13.9. The van der Waals surface area contributed by atoms with Crippen LogP contribution >= 0.6 is 0 Å². The van der Waals surface area contributed by atoms with E-state index in [-0.39, 0.29) is 23.3 Å². The number of nitro benzene ring substituents is 1. The highest BCUT2D eigenvalue weighted by atomic mass is 16.6. The van der Waals surface area contributed by atoms with Gasteiger partial charge >= 0.3 is 0 Å². The van der Waals surface area contributed by atoms with Gasteiger partial charge in [0.05, 0.1) is 4.92 Å². The van der Waals surface area contributed by atoms with Crippen LogP contribution in [-0.4, -0.2) is 29.5 Å². The second kappa shape index (κ2) is 5.36. The van der Waals surface area contributed by atoms with Crippen molar-refractivity contribution < 1.29 is 14.8 Å². The molecule has 0 atom stereocenters. The number of carbonyl (C=O) groups is 1. The molecule has 0 bridgehead atoms. The van der Waals surface area contributed by atoms with E-state index in [1.165, 1.54) is 6.07 Å². The van der Waals surface area contributed by atoms with Gasteiger partial charge in [-0.05, 0) is 36.8 Å². The number of carbonyl (C=O) groups excluding carboxylic acids is 1. The summed E-state index contributed by atoms with van der Waals surface area (Å²) in [5.74, 6) is 0. The molecule has 0 radical (unpaired) electrons. The second-order valence-electron chi connectivity index (χ2n) is 4.98. The molecule has 0 saturated heterocycles. The van der Waals surface area contributed by atoms with Gasteiger partial charge < -0.3 is 10.4 Å². The summed E-state index contributed by atoms with van der Waals surface area (Å²) >= 11 is 0. The van der Waals surface area contributed by atoms with E-state index >= 15 is 0 Å². The van der Waals surface area contributed by atoms with E-state index in [1.807, 2.05) is 0 Å². The van der Waals surface area contributed by atoms with Gasteiger partial charge in [-0.15, -0.1) is 0 Å². The number of hydrogen-bond donors (Lipinski definition) is 2. The number of rotatable bonds is 7. The Morgan fingerprint density at radius 3 is 2.74 bits per heavy atom. The number of aliphatic hydroxyl groups is 1. The topological polar surface area (TPSA) is 92.5 Å². The maximum atomic E-state index is 11.0. The first-order chi connectivity index (χ1) is 9.10. The molecule has 2 rings (SSSR count). The van der Waals surface area contributed by atoms with Crippen LogP contribution in [0.5, 0.6) is 0 Å². The van der Waals surface area contributed by atoms with Crippen LogP contribution in [0.15, 0.2) is 18.2 Å². The molecule has 19 heavy (non-hydrogen) atoms. The highest BCUT2D eigenvalue weighted by Gasteiger charge is 2.41. The third kappa shape index (κ3) is 3.08. The Morgan fingerprint density at radius 1 is 1.47 bits per heavy atom. The zero-order valence-corrected chi connectivity index (χ0v) is 10.5. The number of nitrogens with zero attached hydrogens (tertiary/aromatic N) is 1. The average Bonchev–Trinajstić information content (AvgIpc) is 3.17. The molecule has 0 aliphatic heterocycles. The first kappa shape index (κ1) is 13.5. The molecule has 1 aliphatic carbocycles. The quantitative estimate of drug-likeness (QED) is 0.446. The van der Waals surface area contributed by atoms with Crippen molar-refractivity contribution in [2.45, 2.75) is 19.3 Å². The SMILES string of the molecule is O=Cc1ccc(NCC2(CCO)CC2)c([N+](=O)[O-])c1. The molecule has 102 valence electrons. The molecule has 6 nitrogen and oxygen atoms in total. The number of aldehydes is 1. The molecular formula is C13H16N2O4. The number of nitrogens with one attached hydrogen (secondary N) is 1. The molecule has 2 N–H and O–H groups in total. The van der Waals surface area contributed by atoms with Gasteiger partial charge in [-0.3, -0.25) is 14.9 Å². The maximum absolute atomic E-state index is 11.0. The van der Waals surface area contributed by atoms with Crippen LogP contribution in [0, 0.1) is 15.5 Å². The third-order valence-electron chi connectivity index (χ3n) is 3.61. The van der Waals surface area contributed by atoms with E-state index in [0.29, 0.717) is 24.9 Å². The molecule has 1 aliphatic rings. The fraction of sp³-hybridized carbons (Fsp3) is 0.462. The predicted octanol–water partition coefficient (Wildman–Crippen LogP) is 1.98. The Morgan fingerprint density at radius 2 is 2.21 bits per heavy atom. The van der Waals surface area contributed by atoms with Gasteiger partial charge in [0.2, 0.25) is 0 Å². The van der Waals surface area contributed by atoms with Crippen LogP contribution in [0.4, 0.5) is 11.4 Å². The summed E-state index contributed by atoms with van der Waals surface area (Å²) in [6.45, 7) is 0.739. The molecule has 1 saturated carbocycles. The summed E-state index contributed by atoms with van der Waals surface area (Å²) < 4.78 is 0. The van der Waals surface area contributed by atoms with E-state index < -0.39 is 4.92 Å². The minimum absolute atomic E-state index is 0.0753. The maximum Gasteiger partial charge on any atom is 0.293 e. The van der Waals surface area contributed by atoms with Crippen molar-refractivity contribution in [3.8, 4) is 0 Å². The Bertz CT molecular complexity index is 497. The highest BCUT2D eigenvalue weighted by Crippen LogP contribution is 2.48. The zero-order valence-electron chi connectivity index (χ0n) is 10.5. The van der Waals surface area contributed by atoms with Crippen LogP contribution in [0.2, 0.25) is 0 Å². The van der Waals surface area contributed by atoms with Crippen molar-refractivity contribution in [1.29, 1.82) is 0 Å². The molecule has 1 aromatic rings. The smallest absolute Gasteiger partial charge is 0.293 e. The molecule has 6 heteroatoms. The molecule has 0 heterocycles. The largest absolute Gasteiger partial charge is 0.396 e. The van der Waals surface area contributed by atoms with E-state index in [9.17, 15) is 14.9 Å². The van der Waals surface area contributed by atoms with Crippen molar-refractivity contribution in [2.24, 2.45) is 5.41 Å². The average molecular weight is 264 g/mol. The summed E-state index contributed by atoms with van der Waals surface area (Å²) in [7, 11) is 0. The van der Waals surface area contributed by atoms with Crippen LogP contribution in [0.3, 0.4) is 0 Å². The number of aliphatic hydroxyl groups excluding tert-OH is 1. The van der Waals surface area contributed by atoms with Gasteiger partial charge in [-0.1, -0.05) is 0 Å². The van der Waals surface area contributed by atoms with Gasteiger partial charge in [0.15, 0.2) is 0 Å². The third-order valence-corrected chi connectivity index (χ3v) is 3.61. The van der Waals surface area contributed by atoms with Crippen molar-refractivity contribution in [3.63, 3.8) is 0 Å². The summed E-state index contributed by atoms with van der Waals surface area (Å²) in [6.07, 6.45) is 3.35. The predicted molar refractivity (Wildman–Crippen MR) is 70.3 cm³/mol. The van der Waals surface area contributed by atoms with E-state index in [2.05, 4.69) is 5.32 Å². The summed E-state index contributed by atoms with van der Waals surface area (Å²) in [6, 6.07) is 4.37. The molecule has 0 amide bonds. The van der Waals surface area contributed by atoms with E-state index in [4.69, 9.17) is 5.11 Å². The number of nitro groups is 1. The Kier molecular flexibility index (Phi) is 3.80. The summed E-state index contributed by atoms with van der Waals surface area (Å²) in [4.78, 5) is 21.1. The van der Waals surface area contributed by atoms with Gasteiger partial charge in [-0.25, -0.2) is 0 Å². The minimum atomic E-state index is -0.499. The van der Waals surface area contributed by atoms with Gasteiger partial charge in [0.1, 0.15) is 12.0 Å². The summed E-state index contributed by atoms with van der Waals surface area (Å²) in [5, 5.41) is 23.0. The molecular weight excluding hydrogens is 248 g/mol. The number of hydrogen-bond acceptors (Lipinski definition) is 5. The van der Waals surface area contributed by atoms with Crippen LogP contribution < -0.4 is 5.32 Å². The van der Waals surface area contributed by atoms with Crippen LogP contribution in [-0.2, 0) is 0 Å². The van der Waals surface area contributed by atoms with Gasteiger partial charge in [0.25, 0.3) is 5.69 Å². The monoisotopic (exact) mass is 264 g/mol. The van der Waals surface area contributed by atoms with Gasteiger partial charge in [0, 0.05) is 24.8 Å². The van der Waals surface area contributed by atoms with E-state index in [0.717, 1.165) is 12.8 Å². The molecule has 0 unspecified atom stereocenters. The normalized spacial score (nSPS) is 15.8. The molecule has 1 aromatic carbocycles. The van der Waals surface area contributed by atoms with Crippen molar-refractivity contribution in [2.75, 3.05) is 18.5 Å². The number of anilines is 1. The lowest BCUT2D eigenvalue weighted by Crippen LogP contribution is -2.17. The second-order valence-corrected chi connectivity index (χ2v) is 4.98. The highest BCUT2D eigenvalue weighted by molar-refractivity contribution is 5.79. The van der Waals surface area contributed by atoms with Gasteiger partial charge in [-0.2, -0.15) is 0 Å². The molecule has 1 fully saturated rings. The van der Waals surface area contributed by atoms with Crippen LogP contribution in [0.1, 0.15) is 29.6 Å². The summed E-state index contributed by atoms with van der Waals surface area (Å²) in [5.41, 5.74) is 0.685. The lowest BCUT2D eigenvalue weighted by Gasteiger charge is -2.15. The van der Waals surface area contributed by atoms with Crippen molar-refractivity contribution in [3.05, 3.63) is 33.9 Å². The van der Waals surface area contributed by atoms with Crippen LogP contribution in [0.25, 0.3) is 0 Å². The number of benzene rings is 1. The standard InChI is InChI=1S/C13H16N2O4/c16-6-5-13(3-4-13)9-14-11-2-1-10(8-17)7-12(11)15(18)19/h1-2,7-8,14,16H,3-6,9H2. The fourth-order valence-corrected chi connectivity index (χ4v) is 2.13. The van der Waals surface area contributed by atoms with Crippen molar-refractivity contribution >= 4 is 17.7 Å². The Hall–Kier alpha value is -1.95.